The van der Waals surface area contributed by atoms with E-state index in [2.05, 4.69) is 12.6 Å². The summed E-state index contributed by atoms with van der Waals surface area (Å²) in [5, 5.41) is 0.519. The molecule has 1 rings (SSSR count). The molecular weight excluding hydrogens is 194 g/mol. The van der Waals surface area contributed by atoms with Crippen molar-refractivity contribution in [3.8, 4) is 0 Å². The fraction of sp³-hybridized carbons (Fsp3) is 0. The van der Waals surface area contributed by atoms with Crippen molar-refractivity contribution in [1.29, 1.82) is 0 Å². The van der Waals surface area contributed by atoms with Crippen LogP contribution in [0.5, 0.6) is 0 Å². The third kappa shape index (κ3) is 1.57. The quantitative estimate of drug-likeness (QED) is 0.478. The van der Waals surface area contributed by atoms with E-state index in [0.717, 1.165) is 6.07 Å². The Kier molecular flexibility index (Phi) is 2.45. The predicted octanol–water partition coefficient (Wildman–Crippen LogP) is 3.42. The molecule has 0 saturated heterocycles. The maximum Gasteiger partial charge on any atom is 0.138 e. The van der Waals surface area contributed by atoms with Crippen LogP contribution < -0.4 is 0 Å². The lowest BCUT2D eigenvalue weighted by Crippen LogP contribution is -1.77. The van der Waals surface area contributed by atoms with E-state index in [1.54, 1.807) is 0 Å². The lowest BCUT2D eigenvalue weighted by Gasteiger charge is -1.97. The molecular formula is C6H3Cl2FS. The molecule has 0 saturated carbocycles. The van der Waals surface area contributed by atoms with Crippen LogP contribution in [0.25, 0.3) is 0 Å². The molecule has 0 aliphatic carbocycles. The Hall–Kier alpha value is 0.0800. The summed E-state index contributed by atoms with van der Waals surface area (Å²) in [5.41, 5.74) is 0. The molecule has 4 heteroatoms. The van der Waals surface area contributed by atoms with Crippen LogP contribution in [0.2, 0.25) is 10.0 Å². The van der Waals surface area contributed by atoms with E-state index in [0.29, 0.717) is 5.02 Å². The summed E-state index contributed by atoms with van der Waals surface area (Å²) in [5.74, 6) is -0.460. The van der Waals surface area contributed by atoms with Crippen molar-refractivity contribution in [1.82, 2.24) is 0 Å². The molecule has 0 N–H and O–H groups in total. The van der Waals surface area contributed by atoms with E-state index in [-0.39, 0.29) is 9.92 Å². The molecule has 0 aromatic heterocycles. The molecule has 0 heterocycles. The van der Waals surface area contributed by atoms with Crippen molar-refractivity contribution in [3.05, 3.63) is 28.0 Å². The van der Waals surface area contributed by atoms with E-state index < -0.39 is 5.82 Å². The molecule has 1 aromatic carbocycles. The number of hydrogen-bond acceptors (Lipinski definition) is 1. The van der Waals surface area contributed by atoms with Crippen LogP contribution in [0.3, 0.4) is 0 Å². The van der Waals surface area contributed by atoms with Crippen molar-refractivity contribution < 1.29 is 4.39 Å². The van der Waals surface area contributed by atoms with Crippen molar-refractivity contribution in [3.63, 3.8) is 0 Å². The third-order valence-electron chi connectivity index (χ3n) is 0.990. The average molecular weight is 197 g/mol. The Morgan fingerprint density at radius 2 is 1.70 bits per heavy atom. The minimum absolute atomic E-state index is 0.203. The highest BCUT2D eigenvalue weighted by Crippen LogP contribution is 2.26. The summed E-state index contributed by atoms with van der Waals surface area (Å²) in [6.07, 6.45) is 0. The standard InChI is InChI=1S/C6H3Cl2FS/c7-3-1-5(9)6(10)2-4(3)8/h1-2,10H. The number of halogens is 3. The Morgan fingerprint density at radius 1 is 1.20 bits per heavy atom. The maximum atomic E-state index is 12.5. The second kappa shape index (κ2) is 2.99. The van der Waals surface area contributed by atoms with Gasteiger partial charge in [0.15, 0.2) is 0 Å². The Labute approximate surface area is 73.4 Å². The van der Waals surface area contributed by atoms with E-state index >= 15 is 0 Å². The molecule has 10 heavy (non-hydrogen) atoms. The zero-order valence-electron chi connectivity index (χ0n) is 4.74. The summed E-state index contributed by atoms with van der Waals surface area (Å²) in [6.45, 7) is 0. The van der Waals surface area contributed by atoms with Gasteiger partial charge in [-0.25, -0.2) is 4.39 Å². The summed E-state index contributed by atoms with van der Waals surface area (Å²) in [7, 11) is 0. The zero-order valence-corrected chi connectivity index (χ0v) is 7.14. The SMILES string of the molecule is Fc1cc(Cl)c(Cl)cc1S. The Bertz CT molecular complexity index is 212. The third-order valence-corrected chi connectivity index (χ3v) is 2.05. The number of thiol groups is 1. The summed E-state index contributed by atoms with van der Waals surface area (Å²) < 4.78 is 12.5. The molecule has 0 spiro atoms. The summed E-state index contributed by atoms with van der Waals surface area (Å²) >= 11 is 14.8. The van der Waals surface area contributed by atoms with Gasteiger partial charge in [-0.1, -0.05) is 23.2 Å². The maximum absolute atomic E-state index is 12.5. The number of hydrogen-bond donors (Lipinski definition) is 1. The molecule has 0 radical (unpaired) electrons. The Morgan fingerprint density at radius 3 is 2.20 bits per heavy atom. The van der Waals surface area contributed by atoms with Crippen LogP contribution in [0.1, 0.15) is 0 Å². The second-order valence-electron chi connectivity index (χ2n) is 1.72. The summed E-state index contributed by atoms with van der Waals surface area (Å²) in [6, 6.07) is 2.49. The smallest absolute Gasteiger partial charge is 0.138 e. The van der Waals surface area contributed by atoms with Gasteiger partial charge >= 0.3 is 0 Å². The van der Waals surface area contributed by atoms with Gasteiger partial charge in [-0.2, -0.15) is 0 Å². The normalized spacial score (nSPS) is 10.0. The minimum atomic E-state index is -0.460. The first-order valence-electron chi connectivity index (χ1n) is 2.45. The lowest BCUT2D eigenvalue weighted by atomic mass is 10.3. The zero-order chi connectivity index (χ0) is 7.72. The average Bonchev–Trinajstić information content (AvgIpc) is 1.84. The van der Waals surface area contributed by atoms with Crippen LogP contribution in [0.15, 0.2) is 17.0 Å². The van der Waals surface area contributed by atoms with Gasteiger partial charge in [-0.15, -0.1) is 12.6 Å². The molecule has 0 atom stereocenters. The highest BCUT2D eigenvalue weighted by Gasteiger charge is 2.02. The first kappa shape index (κ1) is 8.18. The van der Waals surface area contributed by atoms with E-state index in [4.69, 9.17) is 23.2 Å². The van der Waals surface area contributed by atoms with Crippen LogP contribution in [-0.2, 0) is 0 Å². The van der Waals surface area contributed by atoms with Crippen molar-refractivity contribution in [2.45, 2.75) is 4.90 Å². The van der Waals surface area contributed by atoms with Crippen LogP contribution >= 0.6 is 35.8 Å². The highest BCUT2D eigenvalue weighted by molar-refractivity contribution is 7.80. The molecule has 0 unspecified atom stereocenters. The topological polar surface area (TPSA) is 0 Å². The van der Waals surface area contributed by atoms with Crippen LogP contribution in [-0.4, -0.2) is 0 Å². The van der Waals surface area contributed by atoms with E-state index in [1.165, 1.54) is 6.07 Å². The fourth-order valence-electron chi connectivity index (χ4n) is 0.512. The van der Waals surface area contributed by atoms with Gasteiger partial charge in [-0.3, -0.25) is 0 Å². The summed E-state index contributed by atoms with van der Waals surface area (Å²) in [4.78, 5) is 0.203. The van der Waals surface area contributed by atoms with E-state index in [9.17, 15) is 4.39 Å². The predicted molar refractivity (Wildman–Crippen MR) is 43.7 cm³/mol. The van der Waals surface area contributed by atoms with Crippen LogP contribution in [0.4, 0.5) is 4.39 Å². The fourth-order valence-corrected chi connectivity index (χ4v) is 1.10. The molecule has 54 valence electrons. The van der Waals surface area contributed by atoms with Gasteiger partial charge in [0, 0.05) is 4.90 Å². The van der Waals surface area contributed by atoms with Gasteiger partial charge < -0.3 is 0 Å². The molecule has 0 amide bonds. The minimum Gasteiger partial charge on any atom is -0.206 e. The number of benzene rings is 1. The van der Waals surface area contributed by atoms with E-state index in [1.807, 2.05) is 0 Å². The largest absolute Gasteiger partial charge is 0.206 e. The van der Waals surface area contributed by atoms with Gasteiger partial charge in [-0.05, 0) is 12.1 Å². The van der Waals surface area contributed by atoms with Crippen molar-refractivity contribution in [2.24, 2.45) is 0 Å². The van der Waals surface area contributed by atoms with Gasteiger partial charge in [0.1, 0.15) is 5.82 Å². The van der Waals surface area contributed by atoms with Crippen LogP contribution in [0, 0.1) is 5.82 Å². The van der Waals surface area contributed by atoms with Gasteiger partial charge in [0.25, 0.3) is 0 Å². The van der Waals surface area contributed by atoms with Gasteiger partial charge in [0.05, 0.1) is 10.0 Å². The Balaban J connectivity index is 3.28. The molecule has 0 aliphatic rings. The highest BCUT2D eigenvalue weighted by atomic mass is 35.5. The van der Waals surface area contributed by atoms with Crippen molar-refractivity contribution in [2.75, 3.05) is 0 Å². The molecule has 0 aliphatic heterocycles. The molecule has 0 nitrogen and oxygen atoms in total. The molecule has 0 fully saturated rings. The second-order valence-corrected chi connectivity index (χ2v) is 3.01. The molecule has 1 aromatic rings. The van der Waals surface area contributed by atoms with Gasteiger partial charge in [0.2, 0.25) is 0 Å². The first-order valence-corrected chi connectivity index (χ1v) is 3.65. The lowest BCUT2D eigenvalue weighted by molar-refractivity contribution is 0.603. The number of rotatable bonds is 0. The molecule has 0 bridgehead atoms. The monoisotopic (exact) mass is 196 g/mol. The van der Waals surface area contributed by atoms with Crippen molar-refractivity contribution >= 4 is 35.8 Å². The first-order chi connectivity index (χ1) is 4.61.